The third-order valence-corrected chi connectivity index (χ3v) is 6.12. The van der Waals surface area contributed by atoms with Crippen LogP contribution in [0.2, 0.25) is 0 Å². The highest BCUT2D eigenvalue weighted by Gasteiger charge is 2.31. The van der Waals surface area contributed by atoms with Gasteiger partial charge in [-0.2, -0.15) is 18.3 Å². The lowest BCUT2D eigenvalue weighted by Crippen LogP contribution is -2.39. The van der Waals surface area contributed by atoms with E-state index in [0.717, 1.165) is 29.1 Å². The second-order valence-electron chi connectivity index (χ2n) is 10.9. The smallest absolute Gasteiger partial charge is 0.329 e. The number of rotatable bonds is 8. The van der Waals surface area contributed by atoms with Gasteiger partial charge in [0.1, 0.15) is 12.4 Å². The molecule has 0 radical (unpaired) electrons. The van der Waals surface area contributed by atoms with E-state index in [1.807, 2.05) is 65.8 Å². The molecule has 0 atom stereocenters. The summed E-state index contributed by atoms with van der Waals surface area (Å²) in [5.41, 5.74) is 1.23. The number of anilines is 1. The number of halogens is 3. The Morgan fingerprint density at radius 1 is 1.03 bits per heavy atom. The zero-order valence-corrected chi connectivity index (χ0v) is 22.7. The van der Waals surface area contributed by atoms with Crippen LogP contribution >= 0.6 is 0 Å². The fraction of sp³-hybridized carbons (Fsp3) is 0.414. The Bertz CT molecular complexity index is 1290. The summed E-state index contributed by atoms with van der Waals surface area (Å²) < 4.78 is 41.4. The van der Waals surface area contributed by atoms with E-state index in [1.54, 1.807) is 10.7 Å². The Morgan fingerprint density at radius 3 is 2.32 bits per heavy atom. The molecule has 0 saturated carbocycles. The maximum Gasteiger partial charge on any atom is 0.416 e. The molecule has 0 aliphatic rings. The molecule has 1 heterocycles. The van der Waals surface area contributed by atoms with Crippen molar-refractivity contribution in [1.82, 2.24) is 14.7 Å². The van der Waals surface area contributed by atoms with Gasteiger partial charge in [-0.25, -0.2) is 4.68 Å². The van der Waals surface area contributed by atoms with E-state index in [0.29, 0.717) is 12.2 Å². The van der Waals surface area contributed by atoms with Crippen LogP contribution in [0.4, 0.5) is 19.0 Å². The summed E-state index contributed by atoms with van der Waals surface area (Å²) in [6.45, 7) is 11.9. The molecule has 2 aromatic carbocycles. The van der Waals surface area contributed by atoms with Gasteiger partial charge < -0.3 is 10.2 Å². The van der Waals surface area contributed by atoms with E-state index in [1.165, 1.54) is 17.0 Å². The van der Waals surface area contributed by atoms with Crippen molar-refractivity contribution < 1.29 is 22.8 Å². The average molecular weight is 529 g/mol. The first-order valence-corrected chi connectivity index (χ1v) is 12.6. The van der Waals surface area contributed by atoms with E-state index in [4.69, 9.17) is 5.10 Å². The van der Waals surface area contributed by atoms with Crippen LogP contribution in [0.15, 0.2) is 54.6 Å². The van der Waals surface area contributed by atoms with Gasteiger partial charge in [-0.1, -0.05) is 58.9 Å². The number of amides is 2. The summed E-state index contributed by atoms with van der Waals surface area (Å²) in [5, 5.41) is 7.61. The molecule has 1 N–H and O–H groups in total. The molecule has 0 bridgehead atoms. The third kappa shape index (κ3) is 7.24. The minimum Gasteiger partial charge on any atom is -0.329 e. The van der Waals surface area contributed by atoms with Gasteiger partial charge in [0.05, 0.1) is 16.9 Å². The van der Waals surface area contributed by atoms with Crippen molar-refractivity contribution >= 4 is 17.6 Å². The predicted octanol–water partition coefficient (Wildman–Crippen LogP) is 6.62. The zero-order chi connectivity index (χ0) is 28.3. The highest BCUT2D eigenvalue weighted by molar-refractivity contribution is 5.99. The molecule has 0 aliphatic carbocycles. The highest BCUT2D eigenvalue weighted by Crippen LogP contribution is 2.30. The normalized spacial score (nSPS) is 12.1. The SMILES string of the molecule is Cc1ccccc1-n1nc(C(C)(C)C)cc1NC(=O)CN(CCC(C)C)C(=O)c1cccc(C(F)(F)F)c1. The lowest BCUT2D eigenvalue weighted by atomic mass is 9.92. The molecule has 204 valence electrons. The minimum atomic E-state index is -4.57. The summed E-state index contributed by atoms with van der Waals surface area (Å²) >= 11 is 0. The second kappa shape index (κ2) is 11.4. The van der Waals surface area contributed by atoms with Crippen molar-refractivity contribution in [2.75, 3.05) is 18.4 Å². The average Bonchev–Trinajstić information content (AvgIpc) is 3.25. The Balaban J connectivity index is 1.90. The first kappa shape index (κ1) is 28.9. The van der Waals surface area contributed by atoms with Gasteiger partial charge in [0.15, 0.2) is 0 Å². The number of aryl methyl sites for hydroxylation is 1. The molecule has 0 unspecified atom stereocenters. The lowest BCUT2D eigenvalue weighted by Gasteiger charge is -2.24. The number of hydrogen-bond acceptors (Lipinski definition) is 3. The summed E-state index contributed by atoms with van der Waals surface area (Å²) in [6, 6.07) is 13.7. The fourth-order valence-corrected chi connectivity index (χ4v) is 3.85. The van der Waals surface area contributed by atoms with Gasteiger partial charge in [0.25, 0.3) is 5.91 Å². The molecule has 6 nitrogen and oxygen atoms in total. The molecule has 9 heteroatoms. The molecular weight excluding hydrogens is 493 g/mol. The van der Waals surface area contributed by atoms with E-state index in [2.05, 4.69) is 5.32 Å². The van der Waals surface area contributed by atoms with Crippen molar-refractivity contribution in [1.29, 1.82) is 0 Å². The van der Waals surface area contributed by atoms with Crippen molar-refractivity contribution in [3.63, 3.8) is 0 Å². The molecule has 38 heavy (non-hydrogen) atoms. The summed E-state index contributed by atoms with van der Waals surface area (Å²) in [6.07, 6.45) is -3.98. The van der Waals surface area contributed by atoms with E-state index in [-0.39, 0.29) is 30.0 Å². The number of para-hydroxylation sites is 1. The molecule has 0 fully saturated rings. The maximum atomic E-state index is 13.3. The van der Waals surface area contributed by atoms with Gasteiger partial charge >= 0.3 is 6.18 Å². The van der Waals surface area contributed by atoms with E-state index in [9.17, 15) is 22.8 Å². The van der Waals surface area contributed by atoms with Crippen molar-refractivity contribution in [3.05, 3.63) is 77.0 Å². The number of nitrogens with zero attached hydrogens (tertiary/aromatic N) is 3. The Kier molecular flexibility index (Phi) is 8.69. The highest BCUT2D eigenvalue weighted by atomic mass is 19.4. The Labute approximate surface area is 221 Å². The molecule has 1 aromatic heterocycles. The fourth-order valence-electron chi connectivity index (χ4n) is 3.85. The quantitative estimate of drug-likeness (QED) is 0.357. The summed E-state index contributed by atoms with van der Waals surface area (Å²) in [4.78, 5) is 27.8. The molecule has 3 aromatic rings. The largest absolute Gasteiger partial charge is 0.416 e. The van der Waals surface area contributed by atoms with Crippen LogP contribution in [0.25, 0.3) is 5.69 Å². The van der Waals surface area contributed by atoms with Crippen LogP contribution < -0.4 is 5.32 Å². The number of alkyl halides is 3. The minimum absolute atomic E-state index is 0.114. The van der Waals surface area contributed by atoms with Crippen LogP contribution in [-0.4, -0.2) is 39.6 Å². The molecule has 0 saturated heterocycles. The van der Waals surface area contributed by atoms with E-state index >= 15 is 0 Å². The summed E-state index contributed by atoms with van der Waals surface area (Å²) in [7, 11) is 0. The van der Waals surface area contributed by atoms with Gasteiger partial charge in [0.2, 0.25) is 5.91 Å². The number of benzene rings is 2. The van der Waals surface area contributed by atoms with Gasteiger partial charge in [-0.15, -0.1) is 0 Å². The van der Waals surface area contributed by atoms with Crippen LogP contribution in [0, 0.1) is 12.8 Å². The van der Waals surface area contributed by atoms with Crippen LogP contribution in [0.3, 0.4) is 0 Å². The number of hydrogen-bond donors (Lipinski definition) is 1. The van der Waals surface area contributed by atoms with Gasteiger partial charge in [-0.05, 0) is 49.1 Å². The first-order chi connectivity index (χ1) is 17.7. The number of aromatic nitrogens is 2. The molecular formula is C29H35F3N4O2. The maximum absolute atomic E-state index is 13.3. The predicted molar refractivity (Wildman–Crippen MR) is 142 cm³/mol. The second-order valence-corrected chi connectivity index (χ2v) is 10.9. The van der Waals surface area contributed by atoms with Gasteiger partial charge in [-0.3, -0.25) is 9.59 Å². The molecule has 3 rings (SSSR count). The topological polar surface area (TPSA) is 67.2 Å². The molecule has 2 amide bonds. The van der Waals surface area contributed by atoms with Gasteiger partial charge in [0, 0.05) is 23.6 Å². The Hall–Kier alpha value is -3.62. The van der Waals surface area contributed by atoms with Crippen LogP contribution in [0.1, 0.15) is 68.2 Å². The number of carbonyl (C=O) groups is 2. The Morgan fingerprint density at radius 2 is 1.71 bits per heavy atom. The zero-order valence-electron chi connectivity index (χ0n) is 22.7. The van der Waals surface area contributed by atoms with Crippen molar-refractivity contribution in [2.45, 2.75) is 59.6 Å². The summed E-state index contributed by atoms with van der Waals surface area (Å²) in [5.74, 6) is -0.421. The molecule has 0 aliphatic heterocycles. The van der Waals surface area contributed by atoms with E-state index < -0.39 is 23.6 Å². The van der Waals surface area contributed by atoms with Crippen LogP contribution in [0.5, 0.6) is 0 Å². The first-order valence-electron chi connectivity index (χ1n) is 12.6. The molecule has 0 spiro atoms. The number of nitrogens with one attached hydrogen (secondary N) is 1. The third-order valence-electron chi connectivity index (χ3n) is 6.12. The van der Waals surface area contributed by atoms with Crippen molar-refractivity contribution in [3.8, 4) is 5.69 Å². The standard InChI is InChI=1S/C29H35F3N4O2/c1-19(2)14-15-35(27(38)21-11-9-12-22(16-21)29(30,31)32)18-26(37)33-25-17-24(28(4,5)6)34-36(25)23-13-8-7-10-20(23)3/h7-13,16-17,19H,14-15,18H2,1-6H3,(H,33,37). The lowest BCUT2D eigenvalue weighted by molar-refractivity contribution is -0.137. The van der Waals surface area contributed by atoms with Crippen molar-refractivity contribution in [2.24, 2.45) is 5.92 Å². The van der Waals surface area contributed by atoms with Crippen LogP contribution in [-0.2, 0) is 16.4 Å². The monoisotopic (exact) mass is 528 g/mol. The number of carbonyl (C=O) groups excluding carboxylic acids is 2.